The van der Waals surface area contributed by atoms with E-state index in [0.717, 1.165) is 17.0 Å². The molecule has 0 aliphatic heterocycles. The quantitative estimate of drug-likeness (QED) is 0.527. The van der Waals surface area contributed by atoms with Gasteiger partial charge in [-0.05, 0) is 36.8 Å². The number of nitrogens with zero attached hydrogens (tertiary/aromatic N) is 3. The highest BCUT2D eigenvalue weighted by molar-refractivity contribution is 7.12. The molecule has 4 rings (SSSR count). The second kappa shape index (κ2) is 7.38. The van der Waals surface area contributed by atoms with Crippen molar-refractivity contribution in [3.8, 4) is 16.6 Å². The van der Waals surface area contributed by atoms with Gasteiger partial charge in [0.25, 0.3) is 0 Å². The molecule has 1 aromatic carbocycles. The van der Waals surface area contributed by atoms with Gasteiger partial charge in [0.2, 0.25) is 11.0 Å². The summed E-state index contributed by atoms with van der Waals surface area (Å²) in [6.07, 6.45) is 1.85. The first-order valence-electron chi connectivity index (χ1n) is 8.19. The zero-order valence-electron chi connectivity index (χ0n) is 14.3. The summed E-state index contributed by atoms with van der Waals surface area (Å²) in [5, 5.41) is 10.5. The van der Waals surface area contributed by atoms with Crippen LogP contribution in [0, 0.1) is 6.92 Å². The van der Waals surface area contributed by atoms with Crippen molar-refractivity contribution in [1.82, 2.24) is 14.8 Å². The molecule has 0 saturated carbocycles. The average molecular weight is 399 g/mol. The van der Waals surface area contributed by atoms with Gasteiger partial charge in [0, 0.05) is 16.5 Å². The van der Waals surface area contributed by atoms with E-state index in [9.17, 15) is 4.79 Å². The molecule has 4 aromatic rings. The summed E-state index contributed by atoms with van der Waals surface area (Å²) in [7, 11) is 0. The first-order valence-corrected chi connectivity index (χ1v) is 9.45. The van der Waals surface area contributed by atoms with E-state index in [-0.39, 0.29) is 12.3 Å². The van der Waals surface area contributed by atoms with Crippen LogP contribution in [0.3, 0.4) is 0 Å². The Labute approximate surface area is 164 Å². The maximum Gasteiger partial charge on any atom is 0.229 e. The predicted molar refractivity (Wildman–Crippen MR) is 105 cm³/mol. The molecule has 6 nitrogen and oxygen atoms in total. The van der Waals surface area contributed by atoms with Crippen LogP contribution in [0.2, 0.25) is 5.02 Å². The number of carbonyl (C=O) groups excluding carboxylic acids is 1. The van der Waals surface area contributed by atoms with E-state index in [4.69, 9.17) is 16.0 Å². The van der Waals surface area contributed by atoms with Crippen molar-refractivity contribution in [2.24, 2.45) is 0 Å². The highest BCUT2D eigenvalue weighted by Gasteiger charge is 2.15. The van der Waals surface area contributed by atoms with E-state index < -0.39 is 0 Å². The van der Waals surface area contributed by atoms with Crippen LogP contribution in [0.15, 0.2) is 58.5 Å². The van der Waals surface area contributed by atoms with Crippen LogP contribution in [0.1, 0.15) is 11.3 Å². The lowest BCUT2D eigenvalue weighted by Crippen LogP contribution is -2.17. The van der Waals surface area contributed by atoms with Crippen molar-refractivity contribution < 1.29 is 9.21 Å². The third kappa shape index (κ3) is 3.94. The van der Waals surface area contributed by atoms with E-state index in [1.807, 2.05) is 42.6 Å². The van der Waals surface area contributed by atoms with Crippen LogP contribution in [-0.2, 0) is 11.2 Å². The summed E-state index contributed by atoms with van der Waals surface area (Å²) < 4.78 is 7.01. The molecule has 0 bridgehead atoms. The van der Waals surface area contributed by atoms with E-state index in [0.29, 0.717) is 21.7 Å². The van der Waals surface area contributed by atoms with Crippen LogP contribution in [0.4, 0.5) is 5.82 Å². The summed E-state index contributed by atoms with van der Waals surface area (Å²) in [4.78, 5) is 17.0. The Morgan fingerprint density at radius 1 is 1.30 bits per heavy atom. The molecule has 1 amide bonds. The average Bonchev–Trinajstić information content (AvgIpc) is 3.37. The standard InChI is InChI=1S/C19H15ClN4O2S/c1-12-9-17(22-18(25)10-13-4-6-14(20)7-5-13)24(23-12)19-21-15(11-27-19)16-3-2-8-26-16/h2-9,11H,10H2,1H3,(H,22,25). The van der Waals surface area contributed by atoms with Gasteiger partial charge in [-0.3, -0.25) is 4.79 Å². The number of furan rings is 1. The normalized spacial score (nSPS) is 10.9. The molecule has 0 unspecified atom stereocenters. The fourth-order valence-electron chi connectivity index (χ4n) is 2.61. The minimum atomic E-state index is -0.138. The molecule has 1 N–H and O–H groups in total. The molecule has 3 aromatic heterocycles. The number of benzene rings is 1. The molecule has 0 aliphatic carbocycles. The number of nitrogens with one attached hydrogen (secondary N) is 1. The number of amides is 1. The third-order valence-electron chi connectivity index (χ3n) is 3.82. The summed E-state index contributed by atoms with van der Waals surface area (Å²) in [6.45, 7) is 1.87. The molecular weight excluding hydrogens is 384 g/mol. The number of aromatic nitrogens is 3. The Morgan fingerprint density at radius 2 is 2.11 bits per heavy atom. The predicted octanol–water partition coefficient (Wildman–Crippen LogP) is 4.73. The van der Waals surface area contributed by atoms with Crippen molar-refractivity contribution in [1.29, 1.82) is 0 Å². The Kier molecular flexibility index (Phi) is 4.79. The number of thiazole rings is 1. The fourth-order valence-corrected chi connectivity index (χ4v) is 3.51. The Balaban J connectivity index is 1.54. The van der Waals surface area contributed by atoms with Gasteiger partial charge in [-0.2, -0.15) is 9.78 Å². The number of anilines is 1. The zero-order valence-corrected chi connectivity index (χ0v) is 15.9. The number of hydrogen-bond donors (Lipinski definition) is 1. The van der Waals surface area contributed by atoms with E-state index in [1.54, 1.807) is 23.1 Å². The van der Waals surface area contributed by atoms with Crippen LogP contribution in [0.25, 0.3) is 16.6 Å². The number of carbonyl (C=O) groups is 1. The zero-order chi connectivity index (χ0) is 18.8. The lowest BCUT2D eigenvalue weighted by molar-refractivity contribution is -0.115. The number of halogens is 1. The second-order valence-corrected chi connectivity index (χ2v) is 7.20. The van der Waals surface area contributed by atoms with Crippen LogP contribution < -0.4 is 5.32 Å². The van der Waals surface area contributed by atoms with Crippen LogP contribution >= 0.6 is 22.9 Å². The summed E-state index contributed by atoms with van der Waals surface area (Å²) >= 11 is 7.31. The molecule has 0 radical (unpaired) electrons. The van der Waals surface area contributed by atoms with Gasteiger partial charge < -0.3 is 9.73 Å². The highest BCUT2D eigenvalue weighted by Crippen LogP contribution is 2.26. The monoisotopic (exact) mass is 398 g/mol. The SMILES string of the molecule is Cc1cc(NC(=O)Cc2ccc(Cl)cc2)n(-c2nc(-c3ccco3)cs2)n1. The Hall–Kier alpha value is -2.90. The number of rotatable bonds is 5. The first kappa shape index (κ1) is 17.5. The molecule has 0 saturated heterocycles. The van der Waals surface area contributed by atoms with Crippen molar-refractivity contribution in [3.05, 3.63) is 70.4 Å². The molecule has 0 aliphatic rings. The van der Waals surface area contributed by atoms with E-state index >= 15 is 0 Å². The molecule has 136 valence electrons. The number of aryl methyl sites for hydroxylation is 1. The minimum Gasteiger partial charge on any atom is -0.463 e. The van der Waals surface area contributed by atoms with Crippen molar-refractivity contribution in [2.45, 2.75) is 13.3 Å². The maximum absolute atomic E-state index is 12.4. The lowest BCUT2D eigenvalue weighted by Gasteiger charge is -2.07. The van der Waals surface area contributed by atoms with Crippen LogP contribution in [-0.4, -0.2) is 20.7 Å². The Bertz CT molecular complexity index is 1070. The van der Waals surface area contributed by atoms with Crippen molar-refractivity contribution >= 4 is 34.7 Å². The molecule has 0 fully saturated rings. The topological polar surface area (TPSA) is 73.0 Å². The lowest BCUT2D eigenvalue weighted by atomic mass is 10.1. The molecule has 27 heavy (non-hydrogen) atoms. The summed E-state index contributed by atoms with van der Waals surface area (Å²) in [5.41, 5.74) is 2.40. The fraction of sp³-hybridized carbons (Fsp3) is 0.105. The van der Waals surface area contributed by atoms with Gasteiger partial charge in [-0.15, -0.1) is 11.3 Å². The van der Waals surface area contributed by atoms with Gasteiger partial charge in [-0.25, -0.2) is 4.98 Å². The smallest absolute Gasteiger partial charge is 0.229 e. The molecule has 3 heterocycles. The highest BCUT2D eigenvalue weighted by atomic mass is 35.5. The van der Waals surface area contributed by atoms with Gasteiger partial charge in [0.05, 0.1) is 18.4 Å². The van der Waals surface area contributed by atoms with Crippen molar-refractivity contribution in [3.63, 3.8) is 0 Å². The van der Waals surface area contributed by atoms with Gasteiger partial charge in [0.1, 0.15) is 11.5 Å². The maximum atomic E-state index is 12.4. The number of hydrogen-bond acceptors (Lipinski definition) is 5. The molecule has 0 atom stereocenters. The molecule has 0 spiro atoms. The van der Waals surface area contributed by atoms with Gasteiger partial charge in [0.15, 0.2) is 5.76 Å². The Morgan fingerprint density at radius 3 is 2.85 bits per heavy atom. The minimum absolute atomic E-state index is 0.138. The van der Waals surface area contributed by atoms with Crippen molar-refractivity contribution in [2.75, 3.05) is 5.32 Å². The van der Waals surface area contributed by atoms with Gasteiger partial charge >= 0.3 is 0 Å². The first-order chi connectivity index (χ1) is 13.1. The summed E-state index contributed by atoms with van der Waals surface area (Å²) in [5.74, 6) is 1.13. The second-order valence-electron chi connectivity index (χ2n) is 5.93. The van der Waals surface area contributed by atoms with Crippen LogP contribution in [0.5, 0.6) is 0 Å². The van der Waals surface area contributed by atoms with E-state index in [2.05, 4.69) is 15.4 Å². The van der Waals surface area contributed by atoms with Gasteiger partial charge in [-0.1, -0.05) is 23.7 Å². The van der Waals surface area contributed by atoms with E-state index in [1.165, 1.54) is 11.3 Å². The molecular formula is C19H15ClN4O2S. The summed E-state index contributed by atoms with van der Waals surface area (Å²) in [6, 6.07) is 12.7. The largest absolute Gasteiger partial charge is 0.463 e. The molecule has 8 heteroatoms. The third-order valence-corrected chi connectivity index (χ3v) is 4.89.